The lowest BCUT2D eigenvalue weighted by atomic mass is 10.2. The summed E-state index contributed by atoms with van der Waals surface area (Å²) in [6.45, 7) is 6.05. The summed E-state index contributed by atoms with van der Waals surface area (Å²) >= 11 is 0. The van der Waals surface area contributed by atoms with E-state index in [2.05, 4.69) is 4.90 Å². The first-order chi connectivity index (χ1) is 10.7. The molecule has 1 saturated heterocycles. The van der Waals surface area contributed by atoms with Crippen LogP contribution in [0.15, 0.2) is 23.1 Å². The number of benzene rings is 1. The van der Waals surface area contributed by atoms with E-state index in [0.29, 0.717) is 25.7 Å². The first-order valence-electron chi connectivity index (χ1n) is 7.49. The van der Waals surface area contributed by atoms with Gasteiger partial charge in [0, 0.05) is 33.2 Å². The van der Waals surface area contributed by atoms with Crippen LogP contribution in [0.4, 0.5) is 8.78 Å². The van der Waals surface area contributed by atoms with Crippen LogP contribution in [0.1, 0.15) is 13.8 Å². The second-order valence-electron chi connectivity index (χ2n) is 5.92. The lowest BCUT2D eigenvalue weighted by Gasteiger charge is -2.35. The van der Waals surface area contributed by atoms with Crippen molar-refractivity contribution in [2.24, 2.45) is 0 Å². The molecule has 1 aromatic carbocycles. The Bertz CT molecular complexity index is 644. The van der Waals surface area contributed by atoms with E-state index in [4.69, 9.17) is 4.74 Å². The summed E-state index contributed by atoms with van der Waals surface area (Å²) in [7, 11) is -2.69. The summed E-state index contributed by atoms with van der Waals surface area (Å²) in [6, 6.07) is 2.42. The molecule has 0 saturated carbocycles. The van der Waals surface area contributed by atoms with Gasteiger partial charge >= 0.3 is 0 Å². The number of sulfonamides is 1. The van der Waals surface area contributed by atoms with E-state index in [-0.39, 0.29) is 18.8 Å². The highest BCUT2D eigenvalue weighted by Crippen LogP contribution is 2.19. The molecule has 0 radical (unpaired) electrons. The number of hydrogen-bond donors (Lipinski definition) is 0. The van der Waals surface area contributed by atoms with Gasteiger partial charge < -0.3 is 4.74 Å². The zero-order chi connectivity index (χ0) is 17.2. The Balaban J connectivity index is 2.04. The van der Waals surface area contributed by atoms with Crippen molar-refractivity contribution >= 4 is 10.0 Å². The first-order valence-corrected chi connectivity index (χ1v) is 8.93. The largest absolute Gasteiger partial charge is 0.373 e. The van der Waals surface area contributed by atoms with Crippen LogP contribution in [0.3, 0.4) is 0 Å². The van der Waals surface area contributed by atoms with E-state index in [1.165, 1.54) is 7.05 Å². The Morgan fingerprint density at radius 2 is 1.87 bits per heavy atom. The average Bonchev–Trinajstić information content (AvgIpc) is 2.46. The van der Waals surface area contributed by atoms with E-state index < -0.39 is 26.6 Å². The van der Waals surface area contributed by atoms with Crippen LogP contribution < -0.4 is 0 Å². The van der Waals surface area contributed by atoms with E-state index in [1.807, 2.05) is 13.8 Å². The third-order valence-electron chi connectivity index (χ3n) is 3.81. The SMILES string of the molecule is C[C@@H]1CN(CCN(C)S(=O)(=O)c2cc(F)ccc2F)C[C@H](C)O1. The molecule has 0 bridgehead atoms. The molecule has 0 unspecified atom stereocenters. The number of likely N-dealkylation sites (N-methyl/N-ethyl adjacent to an activating group) is 1. The summed E-state index contributed by atoms with van der Waals surface area (Å²) in [4.78, 5) is 1.47. The van der Waals surface area contributed by atoms with E-state index in [1.54, 1.807) is 0 Å². The molecule has 1 aromatic rings. The first kappa shape index (κ1) is 18.3. The fraction of sp³-hybridized carbons (Fsp3) is 0.600. The summed E-state index contributed by atoms with van der Waals surface area (Å²) in [6.07, 6.45) is 0.169. The van der Waals surface area contributed by atoms with Gasteiger partial charge in [0.2, 0.25) is 10.0 Å². The fourth-order valence-corrected chi connectivity index (χ4v) is 3.95. The molecule has 1 aliphatic heterocycles. The van der Waals surface area contributed by atoms with Gasteiger partial charge in [-0.1, -0.05) is 0 Å². The Kier molecular flexibility index (Phi) is 5.72. The maximum absolute atomic E-state index is 13.7. The highest BCUT2D eigenvalue weighted by Gasteiger charge is 2.27. The minimum absolute atomic E-state index is 0.0846. The van der Waals surface area contributed by atoms with Crippen molar-refractivity contribution in [2.45, 2.75) is 31.0 Å². The van der Waals surface area contributed by atoms with Crippen molar-refractivity contribution < 1.29 is 21.9 Å². The molecule has 8 heteroatoms. The quantitative estimate of drug-likeness (QED) is 0.813. The topological polar surface area (TPSA) is 49.9 Å². The second kappa shape index (κ2) is 7.21. The second-order valence-corrected chi connectivity index (χ2v) is 7.93. The molecule has 130 valence electrons. The fourth-order valence-electron chi connectivity index (χ4n) is 2.71. The number of rotatable bonds is 5. The smallest absolute Gasteiger partial charge is 0.245 e. The van der Waals surface area contributed by atoms with Crippen LogP contribution in [-0.2, 0) is 14.8 Å². The molecular weight excluding hydrogens is 326 g/mol. The predicted molar refractivity (Wildman–Crippen MR) is 82.6 cm³/mol. The molecule has 0 aromatic heterocycles. The molecule has 0 aliphatic carbocycles. The van der Waals surface area contributed by atoms with Gasteiger partial charge in [-0.05, 0) is 32.0 Å². The summed E-state index contributed by atoms with van der Waals surface area (Å²) in [5.74, 6) is -1.74. The zero-order valence-electron chi connectivity index (χ0n) is 13.5. The lowest BCUT2D eigenvalue weighted by Crippen LogP contribution is -2.48. The van der Waals surface area contributed by atoms with Gasteiger partial charge in [-0.25, -0.2) is 17.2 Å². The van der Waals surface area contributed by atoms with Crippen LogP contribution in [0.5, 0.6) is 0 Å². The molecule has 0 amide bonds. The number of hydrogen-bond acceptors (Lipinski definition) is 4. The maximum Gasteiger partial charge on any atom is 0.245 e. The van der Waals surface area contributed by atoms with Gasteiger partial charge in [-0.15, -0.1) is 0 Å². The third-order valence-corrected chi connectivity index (χ3v) is 5.68. The number of nitrogens with zero attached hydrogens (tertiary/aromatic N) is 2. The van der Waals surface area contributed by atoms with Gasteiger partial charge in [0.15, 0.2) is 0 Å². The molecule has 2 atom stereocenters. The Morgan fingerprint density at radius 3 is 2.48 bits per heavy atom. The average molecular weight is 348 g/mol. The lowest BCUT2D eigenvalue weighted by molar-refractivity contribution is -0.0681. The Labute approximate surface area is 135 Å². The van der Waals surface area contributed by atoms with Crippen LogP contribution in [0, 0.1) is 11.6 Å². The highest BCUT2D eigenvalue weighted by molar-refractivity contribution is 7.89. The van der Waals surface area contributed by atoms with E-state index in [9.17, 15) is 17.2 Å². The molecule has 1 fully saturated rings. The molecule has 0 spiro atoms. The van der Waals surface area contributed by atoms with Crippen LogP contribution in [-0.4, -0.2) is 63.1 Å². The van der Waals surface area contributed by atoms with Gasteiger partial charge in [0.1, 0.15) is 16.5 Å². The van der Waals surface area contributed by atoms with Crippen molar-refractivity contribution in [2.75, 3.05) is 33.2 Å². The van der Waals surface area contributed by atoms with Crippen molar-refractivity contribution in [1.82, 2.24) is 9.21 Å². The summed E-state index contributed by atoms with van der Waals surface area (Å²) in [5.41, 5.74) is 0. The zero-order valence-corrected chi connectivity index (χ0v) is 14.3. The van der Waals surface area contributed by atoms with E-state index >= 15 is 0 Å². The molecule has 5 nitrogen and oxygen atoms in total. The van der Waals surface area contributed by atoms with Crippen LogP contribution in [0.25, 0.3) is 0 Å². The van der Waals surface area contributed by atoms with E-state index in [0.717, 1.165) is 16.4 Å². The molecule has 2 rings (SSSR count). The van der Waals surface area contributed by atoms with Crippen LogP contribution >= 0.6 is 0 Å². The normalized spacial score (nSPS) is 23.4. The standard InChI is InChI=1S/C15H22F2N2O3S/c1-11-9-19(10-12(2)22-11)7-6-18(3)23(20,21)15-8-13(16)4-5-14(15)17/h4-5,8,11-12H,6-7,9-10H2,1-3H3/t11-,12+. The minimum atomic E-state index is -4.06. The van der Waals surface area contributed by atoms with Gasteiger partial charge in [0.25, 0.3) is 0 Å². The minimum Gasteiger partial charge on any atom is -0.373 e. The summed E-state index contributed by atoms with van der Waals surface area (Å²) < 4.78 is 58.4. The third kappa shape index (κ3) is 4.47. The number of morpholine rings is 1. The summed E-state index contributed by atoms with van der Waals surface area (Å²) in [5, 5.41) is 0. The highest BCUT2D eigenvalue weighted by atomic mass is 32.2. The van der Waals surface area contributed by atoms with Crippen molar-refractivity contribution in [1.29, 1.82) is 0 Å². The Hall–Kier alpha value is -1.09. The predicted octanol–water partition coefficient (Wildman–Crippen LogP) is 1.69. The number of halogens is 2. The number of ether oxygens (including phenoxy) is 1. The van der Waals surface area contributed by atoms with Gasteiger partial charge in [-0.2, -0.15) is 4.31 Å². The molecule has 1 heterocycles. The van der Waals surface area contributed by atoms with Gasteiger partial charge in [0.05, 0.1) is 12.2 Å². The van der Waals surface area contributed by atoms with Crippen molar-refractivity contribution in [3.8, 4) is 0 Å². The van der Waals surface area contributed by atoms with Crippen molar-refractivity contribution in [3.63, 3.8) is 0 Å². The molecule has 0 N–H and O–H groups in total. The molecular formula is C15H22F2N2O3S. The van der Waals surface area contributed by atoms with Crippen molar-refractivity contribution in [3.05, 3.63) is 29.8 Å². The maximum atomic E-state index is 13.7. The van der Waals surface area contributed by atoms with Gasteiger partial charge in [-0.3, -0.25) is 4.90 Å². The monoisotopic (exact) mass is 348 g/mol. The molecule has 23 heavy (non-hydrogen) atoms. The Morgan fingerprint density at radius 1 is 1.26 bits per heavy atom. The van der Waals surface area contributed by atoms with Crippen LogP contribution in [0.2, 0.25) is 0 Å². The molecule has 1 aliphatic rings.